The van der Waals surface area contributed by atoms with Gasteiger partial charge in [0.05, 0.1) is 17.4 Å². The van der Waals surface area contributed by atoms with Crippen molar-refractivity contribution in [3.63, 3.8) is 0 Å². The van der Waals surface area contributed by atoms with Crippen LogP contribution in [0.4, 0.5) is 18.9 Å². The summed E-state index contributed by atoms with van der Waals surface area (Å²) in [6.07, 6.45) is 4.02. The van der Waals surface area contributed by atoms with Gasteiger partial charge in [-0.3, -0.25) is 9.59 Å². The number of anilines is 1. The molecule has 0 bridgehead atoms. The van der Waals surface area contributed by atoms with E-state index in [1.54, 1.807) is 0 Å². The molecule has 1 aliphatic heterocycles. The molecule has 0 N–H and O–H groups in total. The van der Waals surface area contributed by atoms with Crippen LogP contribution < -0.4 is 10.5 Å². The van der Waals surface area contributed by atoms with E-state index in [9.17, 15) is 22.8 Å². The van der Waals surface area contributed by atoms with Crippen LogP contribution in [-0.2, 0) is 11.0 Å². The molecule has 0 radical (unpaired) electrons. The van der Waals surface area contributed by atoms with E-state index in [2.05, 4.69) is 10.1 Å². The first-order valence-corrected chi connectivity index (χ1v) is 11.5. The van der Waals surface area contributed by atoms with Crippen molar-refractivity contribution in [2.45, 2.75) is 44.7 Å². The molecule has 0 spiro atoms. The second-order valence-corrected chi connectivity index (χ2v) is 8.92. The number of carbonyl (C=O) groups excluding carboxylic acids is 1. The minimum atomic E-state index is -4.52. The van der Waals surface area contributed by atoms with E-state index in [1.807, 2.05) is 9.80 Å². The van der Waals surface area contributed by atoms with Crippen LogP contribution in [0, 0.1) is 5.92 Å². The van der Waals surface area contributed by atoms with E-state index in [0.717, 1.165) is 29.7 Å². The number of aromatic nitrogens is 3. The fourth-order valence-electron chi connectivity index (χ4n) is 4.45. The Morgan fingerprint density at radius 3 is 2.36 bits per heavy atom. The number of alkyl halides is 3. The highest BCUT2D eigenvalue weighted by Crippen LogP contribution is 2.29. The Balaban J connectivity index is 1.41. The lowest BCUT2D eigenvalue weighted by molar-refractivity contribution is -0.138. The van der Waals surface area contributed by atoms with Gasteiger partial charge in [-0.1, -0.05) is 30.9 Å². The molecule has 2 aromatic rings. The van der Waals surface area contributed by atoms with Crippen molar-refractivity contribution in [2.75, 3.05) is 31.1 Å². The second kappa shape index (κ2) is 9.70. The number of carbonyl (C=O) groups is 1. The molecule has 0 unspecified atom stereocenters. The van der Waals surface area contributed by atoms with E-state index in [-0.39, 0.29) is 16.7 Å². The molecule has 2 aliphatic rings. The number of amides is 1. The van der Waals surface area contributed by atoms with Crippen molar-refractivity contribution >= 4 is 23.2 Å². The first kappa shape index (κ1) is 23.5. The van der Waals surface area contributed by atoms with Gasteiger partial charge in [-0.05, 0) is 30.9 Å². The summed E-state index contributed by atoms with van der Waals surface area (Å²) in [5, 5.41) is 3.97. The molecule has 1 amide bonds. The van der Waals surface area contributed by atoms with Gasteiger partial charge in [0.15, 0.2) is 5.82 Å². The number of piperazine rings is 1. The van der Waals surface area contributed by atoms with Crippen LogP contribution in [-0.4, -0.2) is 51.8 Å². The van der Waals surface area contributed by atoms with Gasteiger partial charge in [-0.15, -0.1) is 0 Å². The van der Waals surface area contributed by atoms with Crippen molar-refractivity contribution < 1.29 is 18.0 Å². The Labute approximate surface area is 194 Å². The maximum absolute atomic E-state index is 12.7. The molecule has 0 aromatic carbocycles. The topological polar surface area (TPSA) is 71.3 Å². The molecule has 1 saturated carbocycles. The van der Waals surface area contributed by atoms with Crippen molar-refractivity contribution in [1.82, 2.24) is 19.7 Å². The van der Waals surface area contributed by atoms with Crippen LogP contribution in [0.15, 0.2) is 29.3 Å². The van der Waals surface area contributed by atoms with Crippen molar-refractivity contribution in [2.24, 2.45) is 5.92 Å². The van der Waals surface area contributed by atoms with E-state index < -0.39 is 17.3 Å². The van der Waals surface area contributed by atoms with Crippen molar-refractivity contribution in [3.05, 3.63) is 45.5 Å². The molecule has 3 heterocycles. The summed E-state index contributed by atoms with van der Waals surface area (Å²) in [5.74, 6) is 0.600. The van der Waals surface area contributed by atoms with Gasteiger partial charge < -0.3 is 9.80 Å². The lowest BCUT2D eigenvalue weighted by Crippen LogP contribution is -2.49. The molecule has 2 aromatic heterocycles. The summed E-state index contributed by atoms with van der Waals surface area (Å²) in [6, 6.07) is 1.91. The minimum Gasteiger partial charge on any atom is -0.365 e. The molecule has 178 valence electrons. The first-order valence-electron chi connectivity index (χ1n) is 11.1. The Morgan fingerprint density at radius 1 is 1.06 bits per heavy atom. The molecule has 11 heteroatoms. The molecule has 2 fully saturated rings. The third kappa shape index (κ3) is 5.31. The lowest BCUT2D eigenvalue weighted by atomic mass is 9.86. The van der Waals surface area contributed by atoms with Gasteiger partial charge in [0.25, 0.3) is 5.56 Å². The third-order valence-corrected chi connectivity index (χ3v) is 6.71. The Hall–Kier alpha value is -2.62. The summed E-state index contributed by atoms with van der Waals surface area (Å²) < 4.78 is 39.1. The molecule has 1 saturated heterocycles. The van der Waals surface area contributed by atoms with Crippen molar-refractivity contribution in [1.29, 1.82) is 0 Å². The fourth-order valence-corrected chi connectivity index (χ4v) is 4.70. The van der Waals surface area contributed by atoms with Gasteiger partial charge in [0.2, 0.25) is 5.91 Å². The summed E-state index contributed by atoms with van der Waals surface area (Å²) in [6.45, 7) is 2.09. The van der Waals surface area contributed by atoms with Crippen LogP contribution >= 0.6 is 11.6 Å². The molecule has 1 aliphatic carbocycles. The summed E-state index contributed by atoms with van der Waals surface area (Å²) in [5.41, 5.74) is -1.15. The van der Waals surface area contributed by atoms with E-state index in [0.29, 0.717) is 50.4 Å². The van der Waals surface area contributed by atoms with Crippen LogP contribution in [0.2, 0.25) is 5.02 Å². The van der Waals surface area contributed by atoms with E-state index >= 15 is 0 Å². The zero-order valence-corrected chi connectivity index (χ0v) is 18.8. The third-order valence-electron chi connectivity index (χ3n) is 6.35. The quantitative estimate of drug-likeness (QED) is 0.659. The average Bonchev–Trinajstić information content (AvgIpc) is 2.81. The van der Waals surface area contributed by atoms with E-state index in [1.165, 1.54) is 25.5 Å². The Kier molecular flexibility index (Phi) is 6.92. The van der Waals surface area contributed by atoms with Gasteiger partial charge in [-0.2, -0.15) is 23.0 Å². The predicted molar refractivity (Wildman–Crippen MR) is 118 cm³/mol. The lowest BCUT2D eigenvalue weighted by Gasteiger charge is -2.37. The molecule has 33 heavy (non-hydrogen) atoms. The smallest absolute Gasteiger partial charge is 0.365 e. The monoisotopic (exact) mass is 483 g/mol. The van der Waals surface area contributed by atoms with Crippen molar-refractivity contribution in [3.8, 4) is 5.82 Å². The largest absolute Gasteiger partial charge is 0.417 e. The number of halogens is 4. The number of hydrogen-bond acceptors (Lipinski definition) is 5. The number of rotatable bonds is 4. The molecule has 4 rings (SSSR count). The highest BCUT2D eigenvalue weighted by atomic mass is 35.5. The van der Waals surface area contributed by atoms with Gasteiger partial charge in [0, 0.05) is 38.8 Å². The average molecular weight is 484 g/mol. The normalized spacial score (nSPS) is 17.9. The molecule has 0 atom stereocenters. The molecular weight excluding hydrogens is 459 g/mol. The van der Waals surface area contributed by atoms with Crippen LogP contribution in [0.5, 0.6) is 0 Å². The number of hydrogen-bond donors (Lipinski definition) is 0. The predicted octanol–water partition coefficient (Wildman–Crippen LogP) is 3.92. The Bertz CT molecular complexity index is 1040. The summed E-state index contributed by atoms with van der Waals surface area (Å²) in [7, 11) is 0. The minimum absolute atomic E-state index is 0.0559. The Morgan fingerprint density at radius 2 is 1.76 bits per heavy atom. The number of nitrogens with zero attached hydrogens (tertiary/aromatic N) is 5. The first-order chi connectivity index (χ1) is 15.7. The van der Waals surface area contributed by atoms with Crippen LogP contribution in [0.3, 0.4) is 0 Å². The summed E-state index contributed by atoms with van der Waals surface area (Å²) >= 11 is 6.31. The van der Waals surface area contributed by atoms with Gasteiger partial charge in [0.1, 0.15) is 5.02 Å². The maximum atomic E-state index is 12.7. The van der Waals surface area contributed by atoms with Gasteiger partial charge >= 0.3 is 6.18 Å². The number of pyridine rings is 1. The van der Waals surface area contributed by atoms with Crippen LogP contribution in [0.1, 0.15) is 44.1 Å². The SMILES string of the molecule is O=C(CC1CCCCC1)N1CCN(c2cnn(-c3ccc(C(F)(F)F)cn3)c(=O)c2Cl)CC1. The van der Waals surface area contributed by atoms with E-state index in [4.69, 9.17) is 11.6 Å². The zero-order chi connectivity index (χ0) is 23.6. The van der Waals surface area contributed by atoms with Crippen LogP contribution in [0.25, 0.3) is 5.82 Å². The van der Waals surface area contributed by atoms with Gasteiger partial charge in [-0.25, -0.2) is 4.98 Å². The fraction of sp³-hybridized carbons (Fsp3) is 0.545. The standard InChI is InChI=1S/C22H25ClF3N5O2/c23-20-17(14-28-31(21(20)33)18-7-6-16(13-27-18)22(24,25)26)29-8-10-30(11-9-29)19(32)12-15-4-2-1-3-5-15/h6-7,13-15H,1-5,8-12H2. The summed E-state index contributed by atoms with van der Waals surface area (Å²) in [4.78, 5) is 32.8. The molecule has 7 nitrogen and oxygen atoms in total. The zero-order valence-electron chi connectivity index (χ0n) is 18.0. The maximum Gasteiger partial charge on any atom is 0.417 e. The highest BCUT2D eigenvalue weighted by molar-refractivity contribution is 6.33. The highest BCUT2D eigenvalue weighted by Gasteiger charge is 2.31. The molecular formula is C22H25ClF3N5O2. The second-order valence-electron chi connectivity index (χ2n) is 8.54.